The molecule has 0 saturated carbocycles. The van der Waals surface area contributed by atoms with Crippen LogP contribution in [0.15, 0.2) is 36.0 Å². The Morgan fingerprint density at radius 1 is 1.11 bits per heavy atom. The fourth-order valence-corrected chi connectivity index (χ4v) is 4.12. The molecule has 1 saturated heterocycles. The van der Waals surface area contributed by atoms with E-state index in [1.165, 1.54) is 11.9 Å². The number of fused-ring (bicyclic) bond motifs is 1. The van der Waals surface area contributed by atoms with Crippen LogP contribution < -0.4 is 0 Å². The van der Waals surface area contributed by atoms with Crippen molar-refractivity contribution in [3.63, 3.8) is 0 Å². The maximum atomic E-state index is 13.0. The van der Waals surface area contributed by atoms with Gasteiger partial charge < -0.3 is 4.90 Å². The highest BCUT2D eigenvalue weighted by Gasteiger charge is 2.55. The fourth-order valence-electron chi connectivity index (χ4n) is 3.99. The molecule has 1 aliphatic carbocycles. The number of carbonyl (C=O) groups excluding carboxylic acids is 2. The van der Waals surface area contributed by atoms with Crippen LogP contribution in [0.4, 0.5) is 4.79 Å². The summed E-state index contributed by atoms with van der Waals surface area (Å²) in [4.78, 5) is 41.3. The zero-order chi connectivity index (χ0) is 20.0. The molecular formula is C18H21ClN4O4. The third-order valence-corrected chi connectivity index (χ3v) is 5.64. The Bertz CT molecular complexity index is 823. The molecule has 4 unspecified atom stereocenters. The molecule has 0 spiro atoms. The molecule has 0 radical (unpaired) electrons. The van der Waals surface area contributed by atoms with Crippen molar-refractivity contribution in [1.29, 1.82) is 0 Å². The van der Waals surface area contributed by atoms with E-state index in [0.717, 1.165) is 4.90 Å². The Morgan fingerprint density at radius 2 is 1.70 bits per heavy atom. The van der Waals surface area contributed by atoms with Gasteiger partial charge in [0, 0.05) is 29.7 Å². The summed E-state index contributed by atoms with van der Waals surface area (Å²) in [6, 6.07) is 4.66. The lowest BCUT2D eigenvalue weighted by molar-refractivity contribution is -0.534. The molecule has 1 aliphatic heterocycles. The Balaban J connectivity index is 2.24. The maximum absolute atomic E-state index is 13.0. The van der Waals surface area contributed by atoms with Crippen molar-refractivity contribution >= 4 is 23.5 Å². The lowest BCUT2D eigenvalue weighted by atomic mass is 9.70. The van der Waals surface area contributed by atoms with Gasteiger partial charge in [0.1, 0.15) is 0 Å². The molecule has 144 valence electrons. The van der Waals surface area contributed by atoms with E-state index < -0.39 is 35.9 Å². The standard InChI is InChI=1S/C18H21ClN4O4/c1-20(2)13-9-12-15(17(24)22(4)18(25)21(12)3)14(16(13)23(26)27)10-5-7-11(19)8-6-10/h5-9,13-16H,1-4H3. The molecule has 1 heterocycles. The highest BCUT2D eigenvalue weighted by molar-refractivity contribution is 6.30. The van der Waals surface area contributed by atoms with Crippen LogP contribution in [0.3, 0.4) is 0 Å². The predicted molar refractivity (Wildman–Crippen MR) is 100.0 cm³/mol. The van der Waals surface area contributed by atoms with Crippen molar-refractivity contribution in [2.45, 2.75) is 18.0 Å². The average Bonchev–Trinajstić information content (AvgIpc) is 2.63. The third-order valence-electron chi connectivity index (χ3n) is 5.39. The number of hydrogen-bond donors (Lipinski definition) is 0. The largest absolute Gasteiger partial charge is 0.330 e. The van der Waals surface area contributed by atoms with Crippen molar-refractivity contribution in [3.05, 3.63) is 56.7 Å². The number of hydrogen-bond acceptors (Lipinski definition) is 5. The first-order chi connectivity index (χ1) is 12.6. The molecule has 27 heavy (non-hydrogen) atoms. The van der Waals surface area contributed by atoms with E-state index in [4.69, 9.17) is 11.6 Å². The Hall–Kier alpha value is -2.45. The lowest BCUT2D eigenvalue weighted by Crippen LogP contribution is -2.60. The summed E-state index contributed by atoms with van der Waals surface area (Å²) in [6.45, 7) is 0. The van der Waals surface area contributed by atoms with E-state index in [0.29, 0.717) is 16.3 Å². The molecule has 3 rings (SSSR count). The number of carbonyl (C=O) groups is 2. The van der Waals surface area contributed by atoms with E-state index in [2.05, 4.69) is 0 Å². The van der Waals surface area contributed by atoms with Crippen LogP contribution >= 0.6 is 11.6 Å². The first-order valence-corrected chi connectivity index (χ1v) is 8.85. The van der Waals surface area contributed by atoms with Crippen molar-refractivity contribution < 1.29 is 14.5 Å². The molecule has 2 aliphatic rings. The summed E-state index contributed by atoms with van der Waals surface area (Å²) in [5.74, 6) is -1.98. The van der Waals surface area contributed by atoms with Gasteiger partial charge in [-0.05, 0) is 37.9 Å². The van der Waals surface area contributed by atoms with Gasteiger partial charge in [0.15, 0.2) is 0 Å². The van der Waals surface area contributed by atoms with Crippen molar-refractivity contribution in [2.75, 3.05) is 28.2 Å². The number of benzene rings is 1. The van der Waals surface area contributed by atoms with Gasteiger partial charge in [-0.1, -0.05) is 23.7 Å². The molecule has 0 N–H and O–H groups in total. The number of urea groups is 1. The average molecular weight is 393 g/mol. The second-order valence-corrected chi connectivity index (χ2v) is 7.55. The van der Waals surface area contributed by atoms with Crippen molar-refractivity contribution in [1.82, 2.24) is 14.7 Å². The maximum Gasteiger partial charge on any atom is 0.330 e. The molecule has 9 heteroatoms. The quantitative estimate of drug-likeness (QED) is 0.580. The van der Waals surface area contributed by atoms with Gasteiger partial charge in [-0.3, -0.25) is 24.7 Å². The number of nitrogens with zero attached hydrogens (tertiary/aromatic N) is 4. The molecule has 1 fully saturated rings. The Kier molecular flexibility index (Phi) is 4.96. The minimum absolute atomic E-state index is 0.332. The normalized spacial score (nSPS) is 28.3. The van der Waals surface area contributed by atoms with Crippen molar-refractivity contribution in [3.8, 4) is 0 Å². The third kappa shape index (κ3) is 3.08. The van der Waals surface area contributed by atoms with E-state index >= 15 is 0 Å². The van der Waals surface area contributed by atoms with Crippen LogP contribution in [0.25, 0.3) is 0 Å². The summed E-state index contributed by atoms with van der Waals surface area (Å²) in [7, 11) is 6.48. The molecule has 0 bridgehead atoms. The number of amides is 3. The molecule has 3 amide bonds. The number of likely N-dealkylation sites (N-methyl/N-ethyl adjacent to an activating group) is 1. The number of nitro groups is 1. The van der Waals surface area contributed by atoms with Gasteiger partial charge in [0.25, 0.3) is 0 Å². The highest BCUT2D eigenvalue weighted by Crippen LogP contribution is 2.44. The second-order valence-electron chi connectivity index (χ2n) is 7.12. The van der Waals surface area contributed by atoms with E-state index in [1.807, 2.05) is 0 Å². The van der Waals surface area contributed by atoms with Gasteiger partial charge in [-0.2, -0.15) is 0 Å². The monoisotopic (exact) mass is 392 g/mol. The molecule has 4 atom stereocenters. The Morgan fingerprint density at radius 3 is 2.22 bits per heavy atom. The van der Waals surface area contributed by atoms with Crippen LogP contribution in [0, 0.1) is 16.0 Å². The number of rotatable bonds is 3. The van der Waals surface area contributed by atoms with E-state index in [-0.39, 0.29) is 4.92 Å². The topological polar surface area (TPSA) is 87.0 Å². The van der Waals surface area contributed by atoms with Gasteiger partial charge >= 0.3 is 6.03 Å². The number of imide groups is 1. The predicted octanol–water partition coefficient (Wildman–Crippen LogP) is 2.04. The molecule has 1 aromatic carbocycles. The first kappa shape index (κ1) is 19.3. The van der Waals surface area contributed by atoms with E-state index in [1.54, 1.807) is 56.4 Å². The summed E-state index contributed by atoms with van der Waals surface area (Å²) in [5, 5.41) is 12.6. The molecule has 0 aromatic heterocycles. The van der Waals surface area contributed by atoms with Crippen LogP contribution in [-0.2, 0) is 4.79 Å². The van der Waals surface area contributed by atoms with Crippen molar-refractivity contribution in [2.24, 2.45) is 5.92 Å². The summed E-state index contributed by atoms with van der Waals surface area (Å²) < 4.78 is 0. The van der Waals surface area contributed by atoms with Crippen LogP contribution in [0.5, 0.6) is 0 Å². The van der Waals surface area contributed by atoms with Crippen LogP contribution in [0.2, 0.25) is 5.02 Å². The SMILES string of the molecule is CN1C(=O)C2C(=CC(N(C)C)C([N+](=O)[O-])C2c2ccc(Cl)cc2)N(C)C1=O. The second kappa shape index (κ2) is 6.94. The zero-order valence-electron chi connectivity index (χ0n) is 15.5. The van der Waals surface area contributed by atoms with Crippen LogP contribution in [-0.4, -0.2) is 71.8 Å². The van der Waals surface area contributed by atoms with Gasteiger partial charge in [0.2, 0.25) is 11.9 Å². The van der Waals surface area contributed by atoms with E-state index in [9.17, 15) is 19.7 Å². The smallest absolute Gasteiger partial charge is 0.300 e. The molecule has 1 aromatic rings. The van der Waals surface area contributed by atoms with Crippen LogP contribution in [0.1, 0.15) is 11.5 Å². The highest BCUT2D eigenvalue weighted by atomic mass is 35.5. The molecule has 8 nitrogen and oxygen atoms in total. The number of halogens is 1. The van der Waals surface area contributed by atoms with Gasteiger partial charge in [-0.25, -0.2) is 4.79 Å². The minimum atomic E-state index is -1.05. The van der Waals surface area contributed by atoms with Gasteiger partial charge in [0.05, 0.1) is 17.9 Å². The summed E-state index contributed by atoms with van der Waals surface area (Å²) >= 11 is 5.98. The fraction of sp³-hybridized carbons (Fsp3) is 0.444. The summed E-state index contributed by atoms with van der Waals surface area (Å²) in [6.07, 6.45) is 1.67. The summed E-state index contributed by atoms with van der Waals surface area (Å²) in [5.41, 5.74) is 1.15. The lowest BCUT2D eigenvalue weighted by Gasteiger charge is -2.46. The van der Waals surface area contributed by atoms with Gasteiger partial charge in [-0.15, -0.1) is 0 Å². The zero-order valence-corrected chi connectivity index (χ0v) is 16.3. The first-order valence-electron chi connectivity index (χ1n) is 8.47. The Labute approximate surface area is 162 Å². The minimum Gasteiger partial charge on any atom is -0.300 e. The molecular weight excluding hydrogens is 372 g/mol.